The van der Waals surface area contributed by atoms with Gasteiger partial charge in [0, 0.05) is 31.3 Å². The molecule has 0 saturated carbocycles. The Labute approximate surface area is 126 Å². The van der Waals surface area contributed by atoms with Crippen LogP contribution in [0, 0.1) is 5.41 Å². The van der Waals surface area contributed by atoms with E-state index < -0.39 is 11.4 Å². The maximum absolute atomic E-state index is 11.9. The average molecular weight is 313 g/mol. The number of amides is 2. The molecule has 8 heteroatoms. The average Bonchev–Trinajstić information content (AvgIpc) is 3.00. The predicted octanol–water partition coefficient (Wildman–Crippen LogP) is 1.38. The molecule has 0 aromatic carbocycles. The lowest BCUT2D eigenvalue weighted by Gasteiger charge is -2.33. The molecule has 2 heterocycles. The molecule has 116 valence electrons. The predicted molar refractivity (Wildman–Crippen MR) is 77.2 cm³/mol. The molecule has 1 aliphatic rings. The zero-order valence-electron chi connectivity index (χ0n) is 11.8. The summed E-state index contributed by atoms with van der Waals surface area (Å²) in [5.41, 5.74) is -0.931. The Hall–Kier alpha value is -1.67. The first-order chi connectivity index (χ1) is 10.0. The summed E-state index contributed by atoms with van der Waals surface area (Å²) in [4.78, 5) is 27.5. The zero-order valence-corrected chi connectivity index (χ0v) is 12.6. The van der Waals surface area contributed by atoms with Crippen LogP contribution in [0.15, 0.2) is 11.6 Å². The molecule has 21 heavy (non-hydrogen) atoms. The number of aliphatic carboxylic acids is 1. The molecular formula is C13H19N3O4S. The highest BCUT2D eigenvalue weighted by atomic mass is 32.1. The summed E-state index contributed by atoms with van der Waals surface area (Å²) >= 11 is 1.46. The Morgan fingerprint density at radius 2 is 2.24 bits per heavy atom. The number of hydrogen-bond acceptors (Lipinski definition) is 5. The van der Waals surface area contributed by atoms with Crippen molar-refractivity contribution in [2.24, 2.45) is 5.41 Å². The highest BCUT2D eigenvalue weighted by Crippen LogP contribution is 2.30. The van der Waals surface area contributed by atoms with Crippen LogP contribution in [0.5, 0.6) is 0 Å². The third-order valence-corrected chi connectivity index (χ3v) is 4.62. The number of hydrogen-bond donors (Lipinski definition) is 3. The van der Waals surface area contributed by atoms with Gasteiger partial charge >= 0.3 is 12.0 Å². The van der Waals surface area contributed by atoms with Gasteiger partial charge in [0.15, 0.2) is 0 Å². The molecule has 1 atom stereocenters. The first-order valence-corrected chi connectivity index (χ1v) is 7.66. The van der Waals surface area contributed by atoms with Crippen molar-refractivity contribution in [3.63, 3.8) is 0 Å². The van der Waals surface area contributed by atoms with E-state index in [4.69, 9.17) is 4.74 Å². The van der Waals surface area contributed by atoms with Crippen LogP contribution < -0.4 is 10.6 Å². The molecular weight excluding hydrogens is 294 g/mol. The lowest BCUT2D eigenvalue weighted by molar-refractivity contribution is -0.154. The van der Waals surface area contributed by atoms with Gasteiger partial charge in [-0.15, -0.1) is 11.3 Å². The Balaban J connectivity index is 1.86. The fourth-order valence-corrected chi connectivity index (χ4v) is 2.88. The first-order valence-electron chi connectivity index (χ1n) is 6.78. The van der Waals surface area contributed by atoms with Crippen molar-refractivity contribution >= 4 is 23.3 Å². The van der Waals surface area contributed by atoms with Crippen molar-refractivity contribution in [2.75, 3.05) is 19.8 Å². The quantitative estimate of drug-likeness (QED) is 0.762. The minimum atomic E-state index is -0.931. The van der Waals surface area contributed by atoms with E-state index in [-0.39, 0.29) is 18.6 Å². The number of aromatic nitrogens is 1. The molecule has 0 aliphatic carbocycles. The summed E-state index contributed by atoms with van der Waals surface area (Å²) in [6, 6.07) is -0.592. The van der Waals surface area contributed by atoms with E-state index in [1.54, 1.807) is 6.20 Å². The number of thiazole rings is 1. The summed E-state index contributed by atoms with van der Waals surface area (Å²) in [6.45, 7) is 2.75. The molecule has 1 fully saturated rings. The standard InChI is InChI=1S/C13H19N3O4S/c1-9(10-14-4-7-21-10)16-12(19)15-8-13(11(17)18)2-5-20-6-3-13/h4,7,9H,2-3,5-6,8H2,1H3,(H,17,18)(H2,15,16,19). The topological polar surface area (TPSA) is 101 Å². The van der Waals surface area contributed by atoms with Crippen LogP contribution in [-0.4, -0.2) is 41.8 Å². The third kappa shape index (κ3) is 3.92. The highest BCUT2D eigenvalue weighted by molar-refractivity contribution is 7.09. The number of nitrogens with zero attached hydrogens (tertiary/aromatic N) is 1. The summed E-state index contributed by atoms with van der Waals surface area (Å²) in [7, 11) is 0. The largest absolute Gasteiger partial charge is 0.481 e. The van der Waals surface area contributed by atoms with Gasteiger partial charge in [0.1, 0.15) is 5.01 Å². The van der Waals surface area contributed by atoms with Crippen LogP contribution in [0.4, 0.5) is 4.79 Å². The van der Waals surface area contributed by atoms with E-state index in [1.807, 2.05) is 12.3 Å². The molecule has 1 aliphatic heterocycles. The van der Waals surface area contributed by atoms with Gasteiger partial charge in [0.2, 0.25) is 0 Å². The van der Waals surface area contributed by atoms with Crippen molar-refractivity contribution in [3.8, 4) is 0 Å². The van der Waals surface area contributed by atoms with Crippen molar-refractivity contribution in [3.05, 3.63) is 16.6 Å². The fourth-order valence-electron chi connectivity index (χ4n) is 2.24. The van der Waals surface area contributed by atoms with E-state index in [9.17, 15) is 14.7 Å². The number of urea groups is 1. The second-order valence-electron chi connectivity index (χ2n) is 5.12. The van der Waals surface area contributed by atoms with Gasteiger partial charge in [0.05, 0.1) is 11.5 Å². The summed E-state index contributed by atoms with van der Waals surface area (Å²) < 4.78 is 5.20. The SMILES string of the molecule is CC(NC(=O)NCC1(C(=O)O)CCOCC1)c1nccs1. The maximum atomic E-state index is 11.9. The van der Waals surface area contributed by atoms with Gasteiger partial charge in [-0.25, -0.2) is 9.78 Å². The minimum absolute atomic E-state index is 0.0993. The van der Waals surface area contributed by atoms with Crippen molar-refractivity contribution in [1.29, 1.82) is 0 Å². The van der Waals surface area contributed by atoms with Crippen molar-refractivity contribution < 1.29 is 19.4 Å². The number of rotatable bonds is 5. The monoisotopic (exact) mass is 313 g/mol. The number of carbonyl (C=O) groups is 2. The van der Waals surface area contributed by atoms with Crippen LogP contribution in [-0.2, 0) is 9.53 Å². The van der Waals surface area contributed by atoms with Crippen LogP contribution in [0.3, 0.4) is 0 Å². The number of ether oxygens (including phenoxy) is 1. The van der Waals surface area contributed by atoms with Gasteiger partial charge in [-0.05, 0) is 19.8 Å². The van der Waals surface area contributed by atoms with Gasteiger partial charge < -0.3 is 20.5 Å². The van der Waals surface area contributed by atoms with Gasteiger partial charge in [-0.3, -0.25) is 4.79 Å². The molecule has 2 rings (SSSR count). The summed E-state index contributed by atoms with van der Waals surface area (Å²) in [5.74, 6) is -0.890. The molecule has 1 saturated heterocycles. The smallest absolute Gasteiger partial charge is 0.315 e. The Morgan fingerprint density at radius 3 is 2.81 bits per heavy atom. The van der Waals surface area contributed by atoms with E-state index in [0.717, 1.165) is 5.01 Å². The molecule has 1 unspecified atom stereocenters. The van der Waals surface area contributed by atoms with Crippen LogP contribution in [0.1, 0.15) is 30.8 Å². The maximum Gasteiger partial charge on any atom is 0.315 e. The molecule has 1 aromatic heterocycles. The zero-order chi connectivity index (χ0) is 15.3. The number of carboxylic acid groups (broad SMARTS) is 1. The molecule has 0 bridgehead atoms. The van der Waals surface area contributed by atoms with Crippen LogP contribution >= 0.6 is 11.3 Å². The Kier molecular flexibility index (Phi) is 5.13. The van der Waals surface area contributed by atoms with E-state index >= 15 is 0 Å². The second kappa shape index (κ2) is 6.86. The molecule has 3 N–H and O–H groups in total. The lowest BCUT2D eigenvalue weighted by atomic mass is 9.80. The van der Waals surface area contributed by atoms with Crippen LogP contribution in [0.2, 0.25) is 0 Å². The number of nitrogens with one attached hydrogen (secondary N) is 2. The normalized spacial score (nSPS) is 18.7. The van der Waals surface area contributed by atoms with Gasteiger partial charge in [0.25, 0.3) is 0 Å². The van der Waals surface area contributed by atoms with E-state index in [0.29, 0.717) is 26.1 Å². The summed E-state index contributed by atoms with van der Waals surface area (Å²) in [5, 5.41) is 17.5. The van der Waals surface area contributed by atoms with Crippen molar-refractivity contribution in [2.45, 2.75) is 25.8 Å². The van der Waals surface area contributed by atoms with Crippen molar-refractivity contribution in [1.82, 2.24) is 15.6 Å². The van der Waals surface area contributed by atoms with Gasteiger partial charge in [-0.2, -0.15) is 0 Å². The van der Waals surface area contributed by atoms with Crippen LogP contribution in [0.25, 0.3) is 0 Å². The second-order valence-corrected chi connectivity index (χ2v) is 6.04. The van der Waals surface area contributed by atoms with Gasteiger partial charge in [-0.1, -0.05) is 0 Å². The fraction of sp³-hybridized carbons (Fsp3) is 0.615. The third-order valence-electron chi connectivity index (χ3n) is 3.66. The molecule has 2 amide bonds. The summed E-state index contributed by atoms with van der Waals surface area (Å²) in [6.07, 6.45) is 2.49. The van der Waals surface area contributed by atoms with E-state index in [2.05, 4.69) is 15.6 Å². The van der Waals surface area contributed by atoms with E-state index in [1.165, 1.54) is 11.3 Å². The number of carbonyl (C=O) groups excluding carboxylic acids is 1. The Morgan fingerprint density at radius 1 is 1.52 bits per heavy atom. The molecule has 0 spiro atoms. The number of carboxylic acids is 1. The molecule has 7 nitrogen and oxygen atoms in total. The first kappa shape index (κ1) is 15.7. The molecule has 1 aromatic rings. The molecule has 0 radical (unpaired) electrons. The minimum Gasteiger partial charge on any atom is -0.481 e. The highest BCUT2D eigenvalue weighted by Gasteiger charge is 2.40. The lowest BCUT2D eigenvalue weighted by Crippen LogP contribution is -2.49. The Bertz CT molecular complexity index is 486.